The van der Waals surface area contributed by atoms with Gasteiger partial charge in [0.15, 0.2) is 0 Å². The van der Waals surface area contributed by atoms with Crippen LogP contribution in [0.25, 0.3) is 0 Å². The molecule has 1 amide bonds. The van der Waals surface area contributed by atoms with Crippen molar-refractivity contribution < 1.29 is 4.79 Å². The van der Waals surface area contributed by atoms with Gasteiger partial charge in [-0.25, -0.2) is 0 Å². The predicted molar refractivity (Wildman–Crippen MR) is 81.1 cm³/mol. The molecule has 3 nitrogen and oxygen atoms in total. The summed E-state index contributed by atoms with van der Waals surface area (Å²) < 4.78 is 0. The van der Waals surface area contributed by atoms with Crippen LogP contribution in [0.2, 0.25) is 0 Å². The van der Waals surface area contributed by atoms with Crippen LogP contribution in [0, 0.1) is 19.8 Å². The molecule has 1 aromatic carbocycles. The molecule has 1 aliphatic heterocycles. The highest BCUT2D eigenvalue weighted by Crippen LogP contribution is 2.12. The Balaban J connectivity index is 0.00000180. The number of rotatable bonds is 4. The third-order valence-corrected chi connectivity index (χ3v) is 3.48. The molecular weight excluding hydrogens is 260 g/mol. The minimum atomic E-state index is 0. The van der Waals surface area contributed by atoms with E-state index in [1.165, 1.54) is 6.42 Å². The molecule has 0 spiro atoms. The van der Waals surface area contributed by atoms with Crippen molar-refractivity contribution in [2.45, 2.75) is 26.7 Å². The van der Waals surface area contributed by atoms with E-state index < -0.39 is 0 Å². The van der Waals surface area contributed by atoms with Gasteiger partial charge in [0, 0.05) is 12.1 Å². The van der Waals surface area contributed by atoms with Crippen LogP contribution in [-0.2, 0) is 0 Å². The van der Waals surface area contributed by atoms with Crippen molar-refractivity contribution in [3.8, 4) is 0 Å². The highest BCUT2D eigenvalue weighted by atomic mass is 35.5. The summed E-state index contributed by atoms with van der Waals surface area (Å²) in [6, 6.07) is 5.97. The van der Waals surface area contributed by atoms with Gasteiger partial charge in [-0.3, -0.25) is 4.79 Å². The fraction of sp³-hybridized carbons (Fsp3) is 0.533. The van der Waals surface area contributed by atoms with E-state index in [2.05, 4.69) is 16.7 Å². The molecule has 1 fully saturated rings. The Bertz CT molecular complexity index is 408. The second-order valence-electron chi connectivity index (χ2n) is 5.28. The summed E-state index contributed by atoms with van der Waals surface area (Å²) in [5.41, 5.74) is 3.05. The standard InChI is InChI=1S/C15H22N2O.ClH/c1-11-7-12(2)9-14(8-11)15(18)17-6-4-13-3-5-16-10-13;/h7-9,13,16H,3-6,10H2,1-2H3,(H,17,18);1H. The van der Waals surface area contributed by atoms with E-state index in [9.17, 15) is 4.79 Å². The lowest BCUT2D eigenvalue weighted by molar-refractivity contribution is 0.0951. The van der Waals surface area contributed by atoms with E-state index in [0.717, 1.165) is 48.7 Å². The zero-order chi connectivity index (χ0) is 13.0. The van der Waals surface area contributed by atoms with Gasteiger partial charge in [0.05, 0.1) is 0 Å². The normalized spacial score (nSPS) is 17.9. The second kappa shape index (κ2) is 7.51. The van der Waals surface area contributed by atoms with Crippen molar-refractivity contribution in [2.75, 3.05) is 19.6 Å². The van der Waals surface area contributed by atoms with E-state index in [4.69, 9.17) is 0 Å². The van der Waals surface area contributed by atoms with Gasteiger partial charge >= 0.3 is 0 Å². The number of hydrogen-bond donors (Lipinski definition) is 2. The molecular formula is C15H23ClN2O. The van der Waals surface area contributed by atoms with Crippen molar-refractivity contribution in [3.05, 3.63) is 34.9 Å². The van der Waals surface area contributed by atoms with Crippen LogP contribution >= 0.6 is 12.4 Å². The molecule has 0 radical (unpaired) electrons. The molecule has 2 rings (SSSR count). The van der Waals surface area contributed by atoms with Crippen LogP contribution in [-0.4, -0.2) is 25.5 Å². The molecule has 0 bridgehead atoms. The Morgan fingerprint density at radius 2 is 2.00 bits per heavy atom. The molecule has 1 unspecified atom stereocenters. The average Bonchev–Trinajstić information content (AvgIpc) is 2.80. The van der Waals surface area contributed by atoms with Gasteiger partial charge < -0.3 is 10.6 Å². The maximum atomic E-state index is 12.0. The third-order valence-electron chi connectivity index (χ3n) is 3.48. The average molecular weight is 283 g/mol. The first-order chi connectivity index (χ1) is 8.65. The molecule has 106 valence electrons. The van der Waals surface area contributed by atoms with Crippen molar-refractivity contribution >= 4 is 18.3 Å². The van der Waals surface area contributed by atoms with Gasteiger partial charge in [0.1, 0.15) is 0 Å². The van der Waals surface area contributed by atoms with Crippen LogP contribution in [0.4, 0.5) is 0 Å². The molecule has 0 saturated carbocycles. The predicted octanol–water partition coefficient (Wildman–Crippen LogP) is 2.45. The Morgan fingerprint density at radius 3 is 2.58 bits per heavy atom. The lowest BCUT2D eigenvalue weighted by atomic mass is 10.0. The number of carbonyl (C=O) groups excluding carboxylic acids is 1. The lowest BCUT2D eigenvalue weighted by Gasteiger charge is -2.10. The van der Waals surface area contributed by atoms with Gasteiger partial charge in [-0.15, -0.1) is 12.4 Å². The van der Waals surface area contributed by atoms with Gasteiger partial charge in [-0.1, -0.05) is 17.2 Å². The first-order valence-electron chi connectivity index (χ1n) is 6.72. The molecule has 2 N–H and O–H groups in total. The highest BCUT2D eigenvalue weighted by molar-refractivity contribution is 5.94. The Kier molecular flexibility index (Phi) is 6.32. The fourth-order valence-corrected chi connectivity index (χ4v) is 2.56. The van der Waals surface area contributed by atoms with Crippen LogP contribution in [0.15, 0.2) is 18.2 Å². The smallest absolute Gasteiger partial charge is 0.251 e. The van der Waals surface area contributed by atoms with Crippen LogP contribution in [0.5, 0.6) is 0 Å². The Labute approximate surface area is 121 Å². The highest BCUT2D eigenvalue weighted by Gasteiger charge is 2.14. The van der Waals surface area contributed by atoms with E-state index in [1.54, 1.807) is 0 Å². The topological polar surface area (TPSA) is 41.1 Å². The lowest BCUT2D eigenvalue weighted by Crippen LogP contribution is -2.26. The van der Waals surface area contributed by atoms with Crippen LogP contribution < -0.4 is 10.6 Å². The molecule has 1 aliphatic rings. The maximum Gasteiger partial charge on any atom is 0.251 e. The number of nitrogens with one attached hydrogen (secondary N) is 2. The number of hydrogen-bond acceptors (Lipinski definition) is 2. The van der Waals surface area contributed by atoms with Crippen LogP contribution in [0.3, 0.4) is 0 Å². The number of amides is 1. The Hall–Kier alpha value is -1.06. The number of carbonyl (C=O) groups is 1. The molecule has 1 aromatic rings. The summed E-state index contributed by atoms with van der Waals surface area (Å²) >= 11 is 0. The van der Waals surface area contributed by atoms with Gasteiger partial charge in [-0.2, -0.15) is 0 Å². The monoisotopic (exact) mass is 282 g/mol. The SMILES string of the molecule is Cc1cc(C)cc(C(=O)NCCC2CCNC2)c1.Cl. The molecule has 4 heteroatoms. The van der Waals surface area contributed by atoms with Crippen molar-refractivity contribution in [1.82, 2.24) is 10.6 Å². The zero-order valence-corrected chi connectivity index (χ0v) is 12.5. The number of benzene rings is 1. The molecule has 1 saturated heterocycles. The second-order valence-corrected chi connectivity index (χ2v) is 5.28. The summed E-state index contributed by atoms with van der Waals surface area (Å²) in [5, 5.41) is 6.36. The Morgan fingerprint density at radius 1 is 1.32 bits per heavy atom. The maximum absolute atomic E-state index is 12.0. The van der Waals surface area contributed by atoms with Gasteiger partial charge in [-0.05, 0) is 57.8 Å². The number of halogens is 1. The molecule has 0 aromatic heterocycles. The quantitative estimate of drug-likeness (QED) is 0.891. The van der Waals surface area contributed by atoms with Crippen molar-refractivity contribution in [1.29, 1.82) is 0 Å². The molecule has 19 heavy (non-hydrogen) atoms. The first-order valence-corrected chi connectivity index (χ1v) is 6.72. The first kappa shape index (κ1) is 16.0. The molecule has 1 heterocycles. The minimum absolute atomic E-state index is 0. The van der Waals surface area contributed by atoms with E-state index >= 15 is 0 Å². The van der Waals surface area contributed by atoms with Gasteiger partial charge in [0.25, 0.3) is 5.91 Å². The number of aryl methyl sites for hydroxylation is 2. The summed E-state index contributed by atoms with van der Waals surface area (Å²) in [6.45, 7) is 7.04. The van der Waals surface area contributed by atoms with E-state index in [-0.39, 0.29) is 18.3 Å². The molecule has 1 atom stereocenters. The fourth-order valence-electron chi connectivity index (χ4n) is 2.56. The summed E-state index contributed by atoms with van der Waals surface area (Å²) in [6.07, 6.45) is 2.31. The van der Waals surface area contributed by atoms with Crippen LogP contribution in [0.1, 0.15) is 34.3 Å². The van der Waals surface area contributed by atoms with Gasteiger partial charge in [0.2, 0.25) is 0 Å². The minimum Gasteiger partial charge on any atom is -0.352 e. The van der Waals surface area contributed by atoms with Crippen molar-refractivity contribution in [2.24, 2.45) is 5.92 Å². The largest absolute Gasteiger partial charge is 0.352 e. The van der Waals surface area contributed by atoms with Crippen molar-refractivity contribution in [3.63, 3.8) is 0 Å². The summed E-state index contributed by atoms with van der Waals surface area (Å²) in [5.74, 6) is 0.775. The molecule has 0 aliphatic carbocycles. The zero-order valence-electron chi connectivity index (χ0n) is 11.7. The summed E-state index contributed by atoms with van der Waals surface area (Å²) in [7, 11) is 0. The summed E-state index contributed by atoms with van der Waals surface area (Å²) in [4.78, 5) is 12.0. The van der Waals surface area contributed by atoms with E-state index in [0.29, 0.717) is 0 Å². The third kappa shape index (κ3) is 4.84. The van der Waals surface area contributed by atoms with E-state index in [1.807, 2.05) is 26.0 Å².